The SMILES string of the molecule is CCCCCCCCCCCC(O)CC(=O)NC1C(O)[C@H](O)C(COC[C@@H]2OC(CCOC)[C@@H](O)C(O)C2NC(=O)CC(O)CCCCCCCCCCC)O[C@H]1O. The van der Waals surface area contributed by atoms with E-state index in [1.165, 1.54) is 71.3 Å². The number of amides is 2. The molecule has 8 unspecified atom stereocenters. The van der Waals surface area contributed by atoms with Crippen molar-refractivity contribution in [3.05, 3.63) is 0 Å². The molecular weight excluding hydrogens is 752 g/mol. The van der Waals surface area contributed by atoms with Crippen molar-refractivity contribution in [3.8, 4) is 0 Å². The highest BCUT2D eigenvalue weighted by Crippen LogP contribution is 2.26. The molecule has 0 spiro atoms. The largest absolute Gasteiger partial charge is 0.393 e. The van der Waals surface area contributed by atoms with Crippen molar-refractivity contribution < 1.29 is 64.3 Å². The Hall–Kier alpha value is -1.50. The van der Waals surface area contributed by atoms with Crippen LogP contribution >= 0.6 is 0 Å². The third kappa shape index (κ3) is 20.8. The lowest BCUT2D eigenvalue weighted by Crippen LogP contribution is -2.65. The van der Waals surface area contributed by atoms with E-state index in [1.807, 2.05) is 0 Å². The van der Waals surface area contributed by atoms with Gasteiger partial charge in [0.05, 0.1) is 50.4 Å². The van der Waals surface area contributed by atoms with E-state index < -0.39 is 85.1 Å². The molecular formula is C43H82N2O13. The number of ether oxygens (including phenoxy) is 4. The van der Waals surface area contributed by atoms with Crippen LogP contribution in [0.25, 0.3) is 0 Å². The minimum absolute atomic E-state index is 0.190. The predicted molar refractivity (Wildman–Crippen MR) is 220 cm³/mol. The Labute approximate surface area is 347 Å². The maximum absolute atomic E-state index is 13.0. The van der Waals surface area contributed by atoms with E-state index in [2.05, 4.69) is 24.5 Å². The van der Waals surface area contributed by atoms with Gasteiger partial charge in [0, 0.05) is 13.7 Å². The van der Waals surface area contributed by atoms with E-state index >= 15 is 0 Å². The highest BCUT2D eigenvalue weighted by Gasteiger charge is 2.47. The zero-order chi connectivity index (χ0) is 42.7. The first-order chi connectivity index (χ1) is 27.9. The van der Waals surface area contributed by atoms with E-state index in [4.69, 9.17) is 18.9 Å². The number of aliphatic hydroxyl groups excluding tert-OH is 7. The average molecular weight is 835 g/mol. The van der Waals surface area contributed by atoms with Gasteiger partial charge in [-0.3, -0.25) is 9.59 Å². The van der Waals surface area contributed by atoms with Crippen LogP contribution in [0.4, 0.5) is 0 Å². The summed E-state index contributed by atoms with van der Waals surface area (Å²) in [5.74, 6) is -1.12. The fourth-order valence-corrected chi connectivity index (χ4v) is 7.88. The molecule has 0 aliphatic carbocycles. The van der Waals surface area contributed by atoms with Gasteiger partial charge in [0.25, 0.3) is 0 Å². The topological polar surface area (TPSA) is 237 Å². The van der Waals surface area contributed by atoms with Crippen LogP contribution in [0.1, 0.15) is 162 Å². The van der Waals surface area contributed by atoms with Crippen LogP contribution in [0, 0.1) is 0 Å². The summed E-state index contributed by atoms with van der Waals surface area (Å²) in [4.78, 5) is 25.7. The van der Waals surface area contributed by atoms with E-state index in [0.717, 1.165) is 51.4 Å². The summed E-state index contributed by atoms with van der Waals surface area (Å²) in [7, 11) is 1.49. The van der Waals surface area contributed by atoms with Gasteiger partial charge < -0.3 is 65.3 Å². The highest BCUT2D eigenvalue weighted by molar-refractivity contribution is 5.77. The number of unbranched alkanes of at least 4 members (excludes halogenated alkanes) is 16. The Morgan fingerprint density at radius 3 is 1.45 bits per heavy atom. The molecule has 2 aliphatic rings. The molecule has 2 aliphatic heterocycles. The fraction of sp³-hybridized carbons (Fsp3) is 0.953. The Morgan fingerprint density at radius 1 is 0.552 bits per heavy atom. The van der Waals surface area contributed by atoms with Crippen LogP contribution in [0.2, 0.25) is 0 Å². The number of rotatable bonds is 33. The van der Waals surface area contributed by atoms with Crippen LogP contribution in [0.15, 0.2) is 0 Å². The maximum atomic E-state index is 13.0. The van der Waals surface area contributed by atoms with Crippen molar-refractivity contribution in [2.45, 2.75) is 235 Å². The lowest BCUT2D eigenvalue weighted by Gasteiger charge is -2.44. The molecule has 0 bridgehead atoms. The van der Waals surface area contributed by atoms with Crippen LogP contribution in [0.5, 0.6) is 0 Å². The molecule has 15 nitrogen and oxygen atoms in total. The molecule has 12 atom stereocenters. The third-order valence-corrected chi connectivity index (χ3v) is 11.5. The van der Waals surface area contributed by atoms with Gasteiger partial charge in [-0.25, -0.2) is 0 Å². The first-order valence-corrected chi connectivity index (χ1v) is 22.7. The van der Waals surface area contributed by atoms with Crippen LogP contribution in [-0.2, 0) is 28.5 Å². The van der Waals surface area contributed by atoms with Crippen LogP contribution < -0.4 is 10.6 Å². The highest BCUT2D eigenvalue weighted by atomic mass is 16.6. The summed E-state index contributed by atoms with van der Waals surface area (Å²) < 4.78 is 22.5. The molecule has 58 heavy (non-hydrogen) atoms. The molecule has 0 aromatic heterocycles. The van der Waals surface area contributed by atoms with Gasteiger partial charge in [0.2, 0.25) is 11.8 Å². The molecule has 342 valence electrons. The molecule has 0 saturated carbocycles. The zero-order valence-corrected chi connectivity index (χ0v) is 35.9. The van der Waals surface area contributed by atoms with Crippen LogP contribution in [0.3, 0.4) is 0 Å². The van der Waals surface area contributed by atoms with E-state index in [-0.39, 0.29) is 39.1 Å². The molecule has 0 radical (unpaired) electrons. The molecule has 2 saturated heterocycles. The molecule has 9 N–H and O–H groups in total. The minimum atomic E-state index is -1.69. The summed E-state index contributed by atoms with van der Waals surface area (Å²) in [6.45, 7) is 4.04. The lowest BCUT2D eigenvalue weighted by molar-refractivity contribution is -0.260. The Kier molecular flexibility index (Phi) is 28.5. The van der Waals surface area contributed by atoms with Gasteiger partial charge in [0.1, 0.15) is 42.7 Å². The maximum Gasteiger partial charge on any atom is 0.223 e. The Bertz CT molecular complexity index is 1060. The first-order valence-electron chi connectivity index (χ1n) is 22.7. The fourth-order valence-electron chi connectivity index (χ4n) is 7.88. The predicted octanol–water partition coefficient (Wildman–Crippen LogP) is 3.28. The molecule has 2 amide bonds. The van der Waals surface area contributed by atoms with Crippen molar-refractivity contribution >= 4 is 11.8 Å². The van der Waals surface area contributed by atoms with E-state index in [9.17, 15) is 45.3 Å². The minimum Gasteiger partial charge on any atom is -0.393 e. The molecule has 2 rings (SSSR count). The summed E-state index contributed by atoms with van der Waals surface area (Å²) in [5.41, 5.74) is 0. The summed E-state index contributed by atoms with van der Waals surface area (Å²) in [6.07, 6.45) is 8.77. The third-order valence-electron chi connectivity index (χ3n) is 11.5. The molecule has 2 heterocycles. The Morgan fingerprint density at radius 2 is 0.966 bits per heavy atom. The van der Waals surface area contributed by atoms with Gasteiger partial charge in [-0.05, 0) is 19.3 Å². The van der Waals surface area contributed by atoms with Crippen molar-refractivity contribution in [1.29, 1.82) is 0 Å². The number of hydrogen-bond donors (Lipinski definition) is 9. The number of hydrogen-bond acceptors (Lipinski definition) is 13. The molecule has 2 fully saturated rings. The van der Waals surface area contributed by atoms with Crippen molar-refractivity contribution in [2.75, 3.05) is 26.9 Å². The monoisotopic (exact) mass is 835 g/mol. The number of nitrogens with one attached hydrogen (secondary N) is 2. The lowest BCUT2D eigenvalue weighted by atomic mass is 9.91. The first kappa shape index (κ1) is 52.6. The Balaban J connectivity index is 1.83. The molecule has 0 aromatic rings. The van der Waals surface area contributed by atoms with Crippen molar-refractivity contribution in [3.63, 3.8) is 0 Å². The second-order valence-corrected chi connectivity index (χ2v) is 16.7. The van der Waals surface area contributed by atoms with Gasteiger partial charge >= 0.3 is 0 Å². The smallest absolute Gasteiger partial charge is 0.223 e. The zero-order valence-electron chi connectivity index (χ0n) is 35.9. The van der Waals surface area contributed by atoms with Gasteiger partial charge in [-0.1, -0.05) is 129 Å². The number of aliphatic hydroxyl groups is 7. The van der Waals surface area contributed by atoms with E-state index in [1.54, 1.807) is 0 Å². The molecule has 15 heteroatoms. The van der Waals surface area contributed by atoms with Crippen molar-refractivity contribution in [1.82, 2.24) is 10.6 Å². The van der Waals surface area contributed by atoms with Crippen LogP contribution in [-0.4, -0.2) is 148 Å². The average Bonchev–Trinajstić information content (AvgIpc) is 3.19. The number of methoxy groups -OCH3 is 1. The van der Waals surface area contributed by atoms with Gasteiger partial charge in [0.15, 0.2) is 6.29 Å². The second-order valence-electron chi connectivity index (χ2n) is 16.7. The van der Waals surface area contributed by atoms with Gasteiger partial charge in [-0.2, -0.15) is 0 Å². The summed E-state index contributed by atoms with van der Waals surface area (Å²) >= 11 is 0. The summed E-state index contributed by atoms with van der Waals surface area (Å²) in [6, 6.07) is -2.46. The van der Waals surface area contributed by atoms with Crippen molar-refractivity contribution in [2.24, 2.45) is 0 Å². The van der Waals surface area contributed by atoms with Gasteiger partial charge in [-0.15, -0.1) is 0 Å². The quantitative estimate of drug-likeness (QED) is 0.0433. The number of carbonyl (C=O) groups excluding carboxylic acids is 2. The number of carbonyl (C=O) groups is 2. The standard InChI is InChI=1S/C43H82N2O13/c1-4-6-8-10-12-14-16-18-20-22-30(46)26-35(48)44-37-33(57-32(24-25-55-3)39(50)41(37)52)28-56-29-34-40(51)42(53)38(43(54)58-34)45-36(49)27-31(47)23-21-19-17-15-13-11-9-7-5-2/h30-34,37-43,46-47,50-54H,4-29H2,1-3H3,(H,44,48)(H,45,49)/t30?,31?,32?,33-,34?,37?,38?,39+,40+,41?,42?,43+/m0/s1. The second kappa shape index (κ2) is 31.4. The normalized spacial score (nSPS) is 28.6. The van der Waals surface area contributed by atoms with E-state index in [0.29, 0.717) is 12.8 Å². The molecule has 0 aromatic carbocycles. The summed E-state index contributed by atoms with van der Waals surface area (Å²) in [5, 5.41) is 80.4.